The molecular weight excluding hydrogens is 246 g/mol. The molecule has 3 N–H and O–H groups in total. The second-order valence-corrected chi connectivity index (χ2v) is 4.13. The molecule has 0 amide bonds. The third kappa shape index (κ3) is 1.55. The summed E-state index contributed by atoms with van der Waals surface area (Å²) < 4.78 is 2.78. The average molecular weight is 257 g/mol. The first-order chi connectivity index (χ1) is 9.09. The van der Waals surface area contributed by atoms with Crippen LogP contribution in [-0.4, -0.2) is 19.1 Å². The minimum absolute atomic E-state index is 0.177. The van der Waals surface area contributed by atoms with Crippen LogP contribution in [0.1, 0.15) is 0 Å². The predicted octanol–water partition coefficient (Wildman–Crippen LogP) is -0.00530. The van der Waals surface area contributed by atoms with Gasteiger partial charge < -0.3 is 10.3 Å². The third-order valence-electron chi connectivity index (χ3n) is 2.98. The second-order valence-electron chi connectivity index (χ2n) is 4.13. The first-order valence-corrected chi connectivity index (χ1v) is 5.62. The van der Waals surface area contributed by atoms with Crippen LogP contribution in [0.3, 0.4) is 0 Å². The number of aromatic nitrogens is 4. The van der Waals surface area contributed by atoms with Crippen LogP contribution >= 0.6 is 0 Å². The van der Waals surface area contributed by atoms with Crippen molar-refractivity contribution in [3.05, 3.63) is 51.2 Å². The number of aryl methyl sites for hydroxylation is 1. The molecule has 0 saturated carbocycles. The Kier molecular flexibility index (Phi) is 2.28. The number of para-hydroxylation sites is 1. The molecule has 0 saturated heterocycles. The van der Waals surface area contributed by atoms with E-state index in [0.717, 1.165) is 0 Å². The molecule has 0 aliphatic heterocycles. The molecule has 0 spiro atoms. The zero-order chi connectivity index (χ0) is 13.6. The molecular formula is C12H11N5O2. The van der Waals surface area contributed by atoms with Crippen molar-refractivity contribution >= 4 is 17.1 Å². The van der Waals surface area contributed by atoms with Gasteiger partial charge in [0.1, 0.15) is 0 Å². The van der Waals surface area contributed by atoms with Crippen LogP contribution in [-0.2, 0) is 7.05 Å². The number of anilines is 1. The molecule has 0 aliphatic rings. The van der Waals surface area contributed by atoms with E-state index < -0.39 is 11.2 Å². The van der Waals surface area contributed by atoms with Crippen molar-refractivity contribution < 1.29 is 0 Å². The van der Waals surface area contributed by atoms with Gasteiger partial charge in [0, 0.05) is 7.05 Å². The van der Waals surface area contributed by atoms with Gasteiger partial charge in [-0.05, 0) is 12.1 Å². The zero-order valence-corrected chi connectivity index (χ0v) is 10.1. The molecule has 0 fully saturated rings. The number of nitrogens with zero attached hydrogens (tertiary/aromatic N) is 3. The average Bonchev–Trinajstić information content (AvgIpc) is 2.67. The first-order valence-electron chi connectivity index (χ1n) is 5.62. The number of hydrogen-bond acceptors (Lipinski definition) is 4. The highest BCUT2D eigenvalue weighted by Crippen LogP contribution is 2.14. The smallest absolute Gasteiger partial charge is 0.334 e. The van der Waals surface area contributed by atoms with Crippen molar-refractivity contribution in [1.82, 2.24) is 19.1 Å². The minimum atomic E-state index is -0.540. The topological polar surface area (TPSA) is 98.7 Å². The Morgan fingerprint density at radius 2 is 1.89 bits per heavy atom. The SMILES string of the molecule is Cn1c(N)nc2c1c(=O)[nH]c(=O)n2-c1ccccc1. The van der Waals surface area contributed by atoms with Crippen molar-refractivity contribution in [3.8, 4) is 5.69 Å². The van der Waals surface area contributed by atoms with Crippen LogP contribution < -0.4 is 17.0 Å². The van der Waals surface area contributed by atoms with Gasteiger partial charge in [0.2, 0.25) is 5.95 Å². The summed E-state index contributed by atoms with van der Waals surface area (Å²) in [6.07, 6.45) is 0. The Balaban J connectivity index is 2.53. The van der Waals surface area contributed by atoms with E-state index >= 15 is 0 Å². The van der Waals surface area contributed by atoms with Gasteiger partial charge in [0.15, 0.2) is 11.2 Å². The fourth-order valence-electron chi connectivity index (χ4n) is 2.04. The quantitative estimate of drug-likeness (QED) is 0.640. The van der Waals surface area contributed by atoms with E-state index in [1.807, 2.05) is 6.07 Å². The molecule has 2 heterocycles. The number of fused-ring (bicyclic) bond motifs is 1. The lowest BCUT2D eigenvalue weighted by atomic mass is 10.3. The highest BCUT2D eigenvalue weighted by atomic mass is 16.2. The van der Waals surface area contributed by atoms with E-state index in [0.29, 0.717) is 5.69 Å². The fraction of sp³-hybridized carbons (Fsp3) is 0.0833. The third-order valence-corrected chi connectivity index (χ3v) is 2.98. The predicted molar refractivity (Wildman–Crippen MR) is 71.3 cm³/mol. The molecule has 19 heavy (non-hydrogen) atoms. The van der Waals surface area contributed by atoms with Crippen molar-refractivity contribution in [2.75, 3.05) is 5.73 Å². The van der Waals surface area contributed by atoms with Crippen molar-refractivity contribution in [2.45, 2.75) is 0 Å². The van der Waals surface area contributed by atoms with Gasteiger partial charge >= 0.3 is 5.69 Å². The summed E-state index contributed by atoms with van der Waals surface area (Å²) in [5.41, 5.74) is 5.79. The minimum Gasteiger partial charge on any atom is -0.369 e. The van der Waals surface area contributed by atoms with Crippen LogP contribution in [0, 0.1) is 0 Å². The van der Waals surface area contributed by atoms with E-state index in [1.54, 1.807) is 31.3 Å². The zero-order valence-electron chi connectivity index (χ0n) is 10.1. The Labute approximate surface area is 106 Å². The van der Waals surface area contributed by atoms with Gasteiger partial charge in [-0.25, -0.2) is 9.36 Å². The number of aromatic amines is 1. The Bertz CT molecular complexity index is 873. The highest BCUT2D eigenvalue weighted by Gasteiger charge is 2.15. The van der Waals surface area contributed by atoms with Crippen LogP contribution in [0.15, 0.2) is 39.9 Å². The van der Waals surface area contributed by atoms with Crippen molar-refractivity contribution in [3.63, 3.8) is 0 Å². The Morgan fingerprint density at radius 3 is 2.58 bits per heavy atom. The number of imidazole rings is 1. The molecule has 0 unspecified atom stereocenters. The normalized spacial score (nSPS) is 11.0. The number of nitrogens with one attached hydrogen (secondary N) is 1. The molecule has 96 valence electrons. The largest absolute Gasteiger partial charge is 0.369 e. The Morgan fingerprint density at radius 1 is 1.21 bits per heavy atom. The summed E-state index contributed by atoms with van der Waals surface area (Å²) in [7, 11) is 1.62. The summed E-state index contributed by atoms with van der Waals surface area (Å²) in [5, 5.41) is 0. The summed E-state index contributed by atoms with van der Waals surface area (Å²) >= 11 is 0. The van der Waals surface area contributed by atoms with E-state index in [2.05, 4.69) is 9.97 Å². The molecule has 3 aromatic rings. The van der Waals surface area contributed by atoms with Gasteiger partial charge in [-0.2, -0.15) is 4.98 Å². The molecule has 0 radical (unpaired) electrons. The molecule has 7 heteroatoms. The molecule has 7 nitrogen and oxygen atoms in total. The highest BCUT2D eigenvalue weighted by molar-refractivity contribution is 5.75. The molecule has 0 bridgehead atoms. The van der Waals surface area contributed by atoms with Gasteiger partial charge in [-0.1, -0.05) is 18.2 Å². The van der Waals surface area contributed by atoms with Gasteiger partial charge in [0.05, 0.1) is 5.69 Å². The summed E-state index contributed by atoms with van der Waals surface area (Å²) in [6.45, 7) is 0. The maximum atomic E-state index is 12.0. The number of nitrogen functional groups attached to an aromatic ring is 1. The number of rotatable bonds is 1. The lowest BCUT2D eigenvalue weighted by Gasteiger charge is -2.05. The molecule has 1 aromatic carbocycles. The number of H-pyrrole nitrogens is 1. The second kappa shape index (κ2) is 3.84. The van der Waals surface area contributed by atoms with Crippen LogP contribution in [0.5, 0.6) is 0 Å². The van der Waals surface area contributed by atoms with Crippen molar-refractivity contribution in [1.29, 1.82) is 0 Å². The monoisotopic (exact) mass is 257 g/mol. The molecule has 0 atom stereocenters. The number of hydrogen-bond donors (Lipinski definition) is 2. The lowest BCUT2D eigenvalue weighted by molar-refractivity contribution is 0.914. The number of benzene rings is 1. The Hall–Kier alpha value is -2.83. The van der Waals surface area contributed by atoms with Crippen LogP contribution in [0.25, 0.3) is 16.9 Å². The maximum Gasteiger partial charge on any atom is 0.334 e. The molecule has 3 rings (SSSR count). The maximum absolute atomic E-state index is 12.0. The summed E-state index contributed by atoms with van der Waals surface area (Å²) in [5.74, 6) is 0.177. The summed E-state index contributed by atoms with van der Waals surface area (Å²) in [6, 6.07) is 8.94. The van der Waals surface area contributed by atoms with Gasteiger partial charge in [0.25, 0.3) is 5.56 Å². The lowest BCUT2D eigenvalue weighted by Crippen LogP contribution is -2.29. The number of nitrogens with two attached hydrogens (primary N) is 1. The van der Waals surface area contributed by atoms with Crippen LogP contribution in [0.4, 0.5) is 5.95 Å². The summed E-state index contributed by atoms with van der Waals surface area (Å²) in [4.78, 5) is 30.2. The fourth-order valence-corrected chi connectivity index (χ4v) is 2.04. The molecule has 2 aromatic heterocycles. The van der Waals surface area contributed by atoms with E-state index in [4.69, 9.17) is 5.73 Å². The standard InChI is InChI=1S/C12H11N5O2/c1-16-8-9(14-11(16)13)17(12(19)15-10(8)18)7-5-3-2-4-6-7/h2-6H,1H3,(H2,13,14)(H,15,18,19). The molecule has 0 aliphatic carbocycles. The van der Waals surface area contributed by atoms with E-state index in [-0.39, 0.29) is 17.1 Å². The van der Waals surface area contributed by atoms with Gasteiger partial charge in [-0.15, -0.1) is 0 Å². The first kappa shape index (κ1) is 11.3. The van der Waals surface area contributed by atoms with Gasteiger partial charge in [-0.3, -0.25) is 9.78 Å². The van der Waals surface area contributed by atoms with E-state index in [1.165, 1.54) is 9.13 Å². The van der Waals surface area contributed by atoms with Crippen molar-refractivity contribution in [2.24, 2.45) is 7.05 Å². The van der Waals surface area contributed by atoms with Crippen LogP contribution in [0.2, 0.25) is 0 Å². The van der Waals surface area contributed by atoms with E-state index in [9.17, 15) is 9.59 Å².